The highest BCUT2D eigenvalue weighted by molar-refractivity contribution is 5.71. The quantitative estimate of drug-likeness (QED) is 0.0829. The van der Waals surface area contributed by atoms with E-state index in [4.69, 9.17) is 4.74 Å². The van der Waals surface area contributed by atoms with E-state index >= 15 is 0 Å². The zero-order chi connectivity index (χ0) is 46.7. The maximum absolute atomic E-state index is 11.3. The van der Waals surface area contributed by atoms with Gasteiger partial charge in [-0.3, -0.25) is 19.2 Å². The first-order chi connectivity index (χ1) is 29.2. The molecular formula is C53H93O11+. The second kappa shape index (κ2) is 28.5. The maximum Gasteiger partial charge on any atom is 1.00 e. The molecule has 11 nitrogen and oxygen atoms in total. The molecule has 1 aliphatic heterocycles. The number of cyclic esters (lactones) is 1. The summed E-state index contributed by atoms with van der Waals surface area (Å²) in [6.45, 7) is 18.1. The minimum absolute atomic E-state index is 0. The first-order valence-corrected chi connectivity index (χ1v) is 22.9. The summed E-state index contributed by atoms with van der Waals surface area (Å²) in [6.07, 6.45) is 22.3. The van der Waals surface area contributed by atoms with Gasteiger partial charge in [-0.05, 0) is 128 Å². The molecule has 2 N–H and O–H groups in total. The van der Waals surface area contributed by atoms with Crippen molar-refractivity contribution in [2.75, 3.05) is 41.2 Å². The topological polar surface area (TPSA) is 163 Å². The summed E-state index contributed by atoms with van der Waals surface area (Å²) in [5.74, 6) is 1.17. The largest absolute Gasteiger partial charge is 1.00 e. The van der Waals surface area contributed by atoms with Gasteiger partial charge >= 0.3 is 25.3 Å². The van der Waals surface area contributed by atoms with Gasteiger partial charge in [0.05, 0.1) is 27.9 Å². The Hall–Kier alpha value is -3.57. The van der Waals surface area contributed by atoms with E-state index in [0.29, 0.717) is 75.2 Å². The Morgan fingerprint density at radius 3 is 1.36 bits per heavy atom. The lowest BCUT2D eigenvalue weighted by atomic mass is 9.65. The third kappa shape index (κ3) is 17.3. The Bertz CT molecular complexity index is 1570. The number of aldehydes is 1. The number of carbonyl (C=O) groups is 5. The van der Waals surface area contributed by atoms with Crippen LogP contribution >= 0.6 is 0 Å². The lowest BCUT2D eigenvalue weighted by Gasteiger charge is -2.43. The molecule has 64 heavy (non-hydrogen) atoms. The Kier molecular flexibility index (Phi) is 26.9. The predicted molar refractivity (Wildman–Crippen MR) is 259 cm³/mol. The molecule has 1 heterocycles. The van der Waals surface area contributed by atoms with Crippen molar-refractivity contribution in [1.29, 1.82) is 0 Å². The number of hydrogen-bond donors (Lipinski definition) is 2. The van der Waals surface area contributed by atoms with Crippen LogP contribution in [0.3, 0.4) is 0 Å². The van der Waals surface area contributed by atoms with Gasteiger partial charge in [-0.25, -0.2) is 0 Å². The SMILES string of the molecule is C.C.CC1=CCC2(CCC(=O)OC2)C(C)C1.COC(=O)CCC1(C=O)CC=C(C)CC1C.COC(=O)CCC1(CO)CC=C(C)CC1C.COC(=O)CCC1(CO)CC=C(C)CC1C.[2H+].[HH]. The van der Waals surface area contributed by atoms with Gasteiger partial charge in [-0.15, -0.1) is 0 Å². The lowest BCUT2D eigenvalue weighted by Crippen LogP contribution is -2.40. The van der Waals surface area contributed by atoms with Crippen LogP contribution in [0.1, 0.15) is 176 Å². The van der Waals surface area contributed by atoms with Crippen molar-refractivity contribution in [3.8, 4) is 0 Å². The van der Waals surface area contributed by atoms with E-state index in [-0.39, 0.29) is 76.5 Å². The molecule has 5 aliphatic rings. The standard InChI is InChI=1S/2C13H22O3.C13H20O3.C12H18O2.2CH4.H2/c3*1-10-4-6-13(9-14,11(2)8-10)7-5-12(15)16-3;1-9-3-5-12(10(2)7-9)6-4-11(13)14-8-12;;;/h2*4,11,14H,5-9H2,1-3H3;4,9,11H,5-8H2,1-3H3;3,10H,4-8H2,1-2H3;2*1H4;1H/p+1/i/hD. The summed E-state index contributed by atoms with van der Waals surface area (Å²) in [4.78, 5) is 55.8. The van der Waals surface area contributed by atoms with Crippen molar-refractivity contribution in [1.82, 2.24) is 0 Å². The minimum atomic E-state index is -0.367. The Balaban J connectivity index is -0.000000787. The van der Waals surface area contributed by atoms with Crippen LogP contribution in [-0.2, 0) is 42.9 Å². The predicted octanol–water partition coefficient (Wildman–Crippen LogP) is 11.4. The van der Waals surface area contributed by atoms with Crippen molar-refractivity contribution in [3.63, 3.8) is 0 Å². The number of methoxy groups -OCH3 is 3. The normalized spacial score (nSPS) is 30.5. The molecule has 4 aliphatic carbocycles. The van der Waals surface area contributed by atoms with Crippen molar-refractivity contribution in [2.24, 2.45) is 45.3 Å². The Morgan fingerprint density at radius 1 is 0.656 bits per heavy atom. The molecule has 1 saturated heterocycles. The molecule has 1 spiro atoms. The summed E-state index contributed by atoms with van der Waals surface area (Å²) in [5.41, 5.74) is 5.22. The van der Waals surface area contributed by atoms with Gasteiger partial charge in [0, 0.05) is 62.0 Å². The number of carbonyl (C=O) groups excluding carboxylic acids is 5. The molecule has 8 unspecified atom stereocenters. The molecule has 0 amide bonds. The fourth-order valence-electron chi connectivity index (χ4n) is 9.90. The van der Waals surface area contributed by atoms with E-state index in [2.05, 4.69) is 93.9 Å². The maximum atomic E-state index is 11.3. The molecule has 0 aromatic heterocycles. The molecule has 8 atom stereocenters. The van der Waals surface area contributed by atoms with Crippen LogP contribution in [0.15, 0.2) is 46.6 Å². The van der Waals surface area contributed by atoms with Gasteiger partial charge < -0.3 is 34.0 Å². The van der Waals surface area contributed by atoms with E-state index in [9.17, 15) is 34.2 Å². The van der Waals surface area contributed by atoms with Crippen LogP contribution in [0, 0.1) is 45.3 Å². The van der Waals surface area contributed by atoms with Gasteiger partial charge in [0.2, 0.25) is 0 Å². The molecule has 0 aromatic rings. The minimum Gasteiger partial charge on any atom is -0.469 e. The van der Waals surface area contributed by atoms with Gasteiger partial charge in [-0.1, -0.05) is 89.1 Å². The van der Waals surface area contributed by atoms with E-state index in [1.807, 2.05) is 0 Å². The fourth-order valence-corrected chi connectivity index (χ4v) is 9.90. The summed E-state index contributed by atoms with van der Waals surface area (Å²) >= 11 is 0. The van der Waals surface area contributed by atoms with Crippen LogP contribution in [0.2, 0.25) is 0 Å². The average molecular weight is 907 g/mol. The fraction of sp³-hybridized carbons (Fsp3) is 0.755. The van der Waals surface area contributed by atoms with Crippen molar-refractivity contribution < 1.29 is 56.0 Å². The van der Waals surface area contributed by atoms with Crippen LogP contribution in [-0.4, -0.2) is 81.5 Å². The van der Waals surface area contributed by atoms with Crippen molar-refractivity contribution >= 4 is 30.2 Å². The first-order valence-electron chi connectivity index (χ1n) is 22.9. The number of ether oxygens (including phenoxy) is 4. The number of hydrogen-bond acceptors (Lipinski definition) is 11. The van der Waals surface area contributed by atoms with E-state index in [1.54, 1.807) is 0 Å². The number of rotatable bonds is 12. The molecule has 370 valence electrons. The number of aliphatic hydroxyl groups is 2. The van der Waals surface area contributed by atoms with E-state index in [0.717, 1.165) is 64.1 Å². The number of aliphatic hydroxyl groups excluding tert-OH is 2. The van der Waals surface area contributed by atoms with Gasteiger partial charge in [0.25, 0.3) is 0 Å². The van der Waals surface area contributed by atoms with E-state index < -0.39 is 0 Å². The summed E-state index contributed by atoms with van der Waals surface area (Å²) in [6, 6.07) is 0. The molecule has 0 radical (unpaired) electrons. The monoisotopic (exact) mass is 907 g/mol. The Labute approximate surface area is 391 Å². The molecular weight excluding hydrogens is 813 g/mol. The molecule has 11 heteroatoms. The van der Waals surface area contributed by atoms with Crippen LogP contribution in [0.5, 0.6) is 0 Å². The zero-order valence-corrected chi connectivity index (χ0v) is 40.2. The van der Waals surface area contributed by atoms with Gasteiger partial charge in [0.15, 0.2) is 0 Å². The third-order valence-corrected chi connectivity index (χ3v) is 15.4. The van der Waals surface area contributed by atoms with Gasteiger partial charge in [0.1, 0.15) is 6.29 Å². The lowest BCUT2D eigenvalue weighted by molar-refractivity contribution is -0.157. The third-order valence-electron chi connectivity index (χ3n) is 15.4. The van der Waals surface area contributed by atoms with Crippen molar-refractivity contribution in [3.05, 3.63) is 46.6 Å². The van der Waals surface area contributed by atoms with Crippen molar-refractivity contribution in [2.45, 2.75) is 173 Å². The summed E-state index contributed by atoms with van der Waals surface area (Å²) in [7, 11) is 4.19. The molecule has 5 rings (SSSR count). The van der Waals surface area contributed by atoms with Crippen LogP contribution < -0.4 is 0 Å². The van der Waals surface area contributed by atoms with E-state index in [1.165, 1.54) is 43.6 Å². The average Bonchev–Trinajstić information content (AvgIpc) is 3.26. The molecule has 0 aromatic carbocycles. The zero-order valence-electron chi connectivity index (χ0n) is 41.2. The highest BCUT2D eigenvalue weighted by Gasteiger charge is 2.42. The smallest absolute Gasteiger partial charge is 0.469 e. The second-order valence-corrected chi connectivity index (χ2v) is 19.6. The first kappa shape index (κ1) is 60.4. The summed E-state index contributed by atoms with van der Waals surface area (Å²) < 4.78 is 19.1. The number of esters is 4. The Morgan fingerprint density at radius 2 is 1.03 bits per heavy atom. The second-order valence-electron chi connectivity index (χ2n) is 19.6. The van der Waals surface area contributed by atoms with Gasteiger partial charge in [-0.2, -0.15) is 0 Å². The van der Waals surface area contributed by atoms with Crippen LogP contribution in [0.4, 0.5) is 0 Å². The highest BCUT2D eigenvalue weighted by Crippen LogP contribution is 2.47. The molecule has 0 saturated carbocycles. The number of allylic oxidation sites excluding steroid dienone is 8. The highest BCUT2D eigenvalue weighted by atomic mass is 16.5. The molecule has 1 fully saturated rings. The molecule has 0 bridgehead atoms. The summed E-state index contributed by atoms with van der Waals surface area (Å²) in [5, 5.41) is 19.2. The van der Waals surface area contributed by atoms with Crippen LogP contribution in [0.25, 0.3) is 0 Å².